The standard InChI is InChI=1S/C11H23N/c1-10(2,3)9-11(7-8-12)5-4-6-11/h4-9,12H2,1-3H3. The van der Waals surface area contributed by atoms with E-state index in [0.29, 0.717) is 10.8 Å². The topological polar surface area (TPSA) is 26.0 Å². The quantitative estimate of drug-likeness (QED) is 0.690. The van der Waals surface area contributed by atoms with Crippen LogP contribution in [0.4, 0.5) is 0 Å². The number of hydrogen-bond acceptors (Lipinski definition) is 1. The van der Waals surface area contributed by atoms with Crippen molar-refractivity contribution in [3.63, 3.8) is 0 Å². The first-order valence-electron chi connectivity index (χ1n) is 5.18. The minimum Gasteiger partial charge on any atom is -0.330 e. The van der Waals surface area contributed by atoms with E-state index in [4.69, 9.17) is 5.73 Å². The largest absolute Gasteiger partial charge is 0.330 e. The van der Waals surface area contributed by atoms with Gasteiger partial charge in [0, 0.05) is 0 Å². The summed E-state index contributed by atoms with van der Waals surface area (Å²) in [6.45, 7) is 7.88. The highest BCUT2D eigenvalue weighted by atomic mass is 14.6. The van der Waals surface area contributed by atoms with Crippen molar-refractivity contribution in [2.24, 2.45) is 16.6 Å². The van der Waals surface area contributed by atoms with Gasteiger partial charge in [0.15, 0.2) is 0 Å². The van der Waals surface area contributed by atoms with E-state index in [1.54, 1.807) is 0 Å². The lowest BCUT2D eigenvalue weighted by atomic mass is 9.60. The third-order valence-electron chi connectivity index (χ3n) is 2.99. The lowest BCUT2D eigenvalue weighted by molar-refractivity contribution is 0.0628. The van der Waals surface area contributed by atoms with Crippen molar-refractivity contribution in [3.05, 3.63) is 0 Å². The molecule has 1 fully saturated rings. The highest BCUT2D eigenvalue weighted by Crippen LogP contribution is 2.50. The summed E-state index contributed by atoms with van der Waals surface area (Å²) in [5.74, 6) is 0. The third kappa shape index (κ3) is 2.48. The molecule has 0 heterocycles. The molecule has 1 saturated carbocycles. The Morgan fingerprint density at radius 2 is 1.83 bits per heavy atom. The van der Waals surface area contributed by atoms with Crippen LogP contribution in [0.3, 0.4) is 0 Å². The minimum absolute atomic E-state index is 0.482. The van der Waals surface area contributed by atoms with Gasteiger partial charge in [-0.3, -0.25) is 0 Å². The molecule has 12 heavy (non-hydrogen) atoms. The van der Waals surface area contributed by atoms with Crippen LogP contribution in [-0.2, 0) is 0 Å². The number of hydrogen-bond donors (Lipinski definition) is 1. The summed E-state index contributed by atoms with van der Waals surface area (Å²) in [5.41, 5.74) is 6.76. The van der Waals surface area contributed by atoms with Crippen LogP contribution in [-0.4, -0.2) is 6.54 Å². The average Bonchev–Trinajstić information content (AvgIpc) is 1.80. The Kier molecular flexibility index (Phi) is 2.82. The fourth-order valence-corrected chi connectivity index (χ4v) is 2.62. The van der Waals surface area contributed by atoms with E-state index in [9.17, 15) is 0 Å². The van der Waals surface area contributed by atoms with Crippen molar-refractivity contribution in [2.45, 2.75) is 52.9 Å². The van der Waals surface area contributed by atoms with Crippen LogP contribution >= 0.6 is 0 Å². The molecule has 1 rings (SSSR count). The van der Waals surface area contributed by atoms with Crippen LogP contribution in [0.25, 0.3) is 0 Å². The third-order valence-corrected chi connectivity index (χ3v) is 2.99. The molecule has 0 aromatic rings. The van der Waals surface area contributed by atoms with E-state index >= 15 is 0 Å². The molecule has 0 aromatic heterocycles. The summed E-state index contributed by atoms with van der Waals surface area (Å²) in [4.78, 5) is 0. The summed E-state index contributed by atoms with van der Waals surface area (Å²) in [7, 11) is 0. The first-order chi connectivity index (χ1) is 5.47. The first-order valence-corrected chi connectivity index (χ1v) is 5.18. The fraction of sp³-hybridized carbons (Fsp3) is 1.00. The molecule has 0 saturated heterocycles. The van der Waals surface area contributed by atoms with Gasteiger partial charge in [-0.05, 0) is 43.1 Å². The molecule has 0 aliphatic heterocycles. The van der Waals surface area contributed by atoms with E-state index < -0.39 is 0 Å². The number of rotatable bonds is 3. The molecule has 0 aromatic carbocycles. The van der Waals surface area contributed by atoms with Gasteiger partial charge in [-0.1, -0.05) is 27.2 Å². The predicted octanol–water partition coefficient (Wildman–Crippen LogP) is 2.94. The molecule has 0 radical (unpaired) electrons. The summed E-state index contributed by atoms with van der Waals surface area (Å²) >= 11 is 0. The predicted molar refractivity (Wildman–Crippen MR) is 54.0 cm³/mol. The Bertz CT molecular complexity index is 140. The lowest BCUT2D eigenvalue weighted by Gasteiger charge is -2.46. The highest BCUT2D eigenvalue weighted by Gasteiger charge is 2.38. The van der Waals surface area contributed by atoms with Crippen LogP contribution in [0, 0.1) is 10.8 Å². The zero-order valence-corrected chi connectivity index (χ0v) is 8.82. The summed E-state index contributed by atoms with van der Waals surface area (Å²) in [5, 5.41) is 0. The first kappa shape index (κ1) is 10.0. The molecule has 1 heteroatoms. The van der Waals surface area contributed by atoms with E-state index in [2.05, 4.69) is 20.8 Å². The molecule has 0 unspecified atom stereocenters. The van der Waals surface area contributed by atoms with Crippen molar-refractivity contribution in [2.75, 3.05) is 6.54 Å². The second-order valence-electron chi connectivity index (χ2n) is 5.63. The van der Waals surface area contributed by atoms with Gasteiger partial charge in [-0.15, -0.1) is 0 Å². The van der Waals surface area contributed by atoms with Crippen LogP contribution in [0.2, 0.25) is 0 Å². The average molecular weight is 169 g/mol. The van der Waals surface area contributed by atoms with Crippen molar-refractivity contribution in [1.82, 2.24) is 0 Å². The Morgan fingerprint density at radius 3 is 2.08 bits per heavy atom. The second kappa shape index (κ2) is 3.37. The normalized spacial score (nSPS) is 22.0. The maximum absolute atomic E-state index is 5.64. The van der Waals surface area contributed by atoms with Gasteiger partial charge in [0.05, 0.1) is 0 Å². The van der Waals surface area contributed by atoms with Gasteiger partial charge in [-0.2, -0.15) is 0 Å². The van der Waals surface area contributed by atoms with E-state index in [1.165, 1.54) is 32.1 Å². The highest BCUT2D eigenvalue weighted by molar-refractivity contribution is 4.90. The minimum atomic E-state index is 0.482. The molecular weight excluding hydrogens is 146 g/mol. The molecule has 0 bridgehead atoms. The molecule has 1 aliphatic carbocycles. The van der Waals surface area contributed by atoms with Crippen molar-refractivity contribution >= 4 is 0 Å². The Hall–Kier alpha value is -0.0400. The van der Waals surface area contributed by atoms with Crippen LogP contribution in [0.15, 0.2) is 0 Å². The van der Waals surface area contributed by atoms with Crippen molar-refractivity contribution in [1.29, 1.82) is 0 Å². The SMILES string of the molecule is CC(C)(C)CC1(CCN)CCC1. The van der Waals surface area contributed by atoms with Gasteiger partial charge in [-0.25, -0.2) is 0 Å². The molecule has 2 N–H and O–H groups in total. The summed E-state index contributed by atoms with van der Waals surface area (Å²) in [6.07, 6.45) is 6.86. The maximum Gasteiger partial charge on any atom is -0.00720 e. The fourth-order valence-electron chi connectivity index (χ4n) is 2.62. The zero-order valence-electron chi connectivity index (χ0n) is 8.82. The Balaban J connectivity index is 2.45. The summed E-state index contributed by atoms with van der Waals surface area (Å²) in [6, 6.07) is 0. The van der Waals surface area contributed by atoms with E-state index in [-0.39, 0.29) is 0 Å². The second-order valence-corrected chi connectivity index (χ2v) is 5.63. The van der Waals surface area contributed by atoms with Gasteiger partial charge >= 0.3 is 0 Å². The van der Waals surface area contributed by atoms with E-state index in [1.807, 2.05) is 0 Å². The molecule has 1 aliphatic rings. The molecular formula is C11H23N. The smallest absolute Gasteiger partial charge is 0.00720 e. The number of nitrogens with two attached hydrogens (primary N) is 1. The van der Waals surface area contributed by atoms with Crippen LogP contribution < -0.4 is 5.73 Å². The van der Waals surface area contributed by atoms with Gasteiger partial charge in [0.2, 0.25) is 0 Å². The van der Waals surface area contributed by atoms with Crippen molar-refractivity contribution < 1.29 is 0 Å². The zero-order chi connectivity index (χ0) is 9.24. The van der Waals surface area contributed by atoms with Gasteiger partial charge in [0.1, 0.15) is 0 Å². The van der Waals surface area contributed by atoms with Crippen LogP contribution in [0.1, 0.15) is 52.9 Å². The van der Waals surface area contributed by atoms with E-state index in [0.717, 1.165) is 6.54 Å². The molecule has 0 atom stereocenters. The molecule has 0 spiro atoms. The molecule has 0 amide bonds. The summed E-state index contributed by atoms with van der Waals surface area (Å²) < 4.78 is 0. The maximum atomic E-state index is 5.64. The Labute approximate surface area is 76.7 Å². The molecule has 1 nitrogen and oxygen atoms in total. The van der Waals surface area contributed by atoms with Crippen LogP contribution in [0.5, 0.6) is 0 Å². The van der Waals surface area contributed by atoms with Gasteiger partial charge in [0.25, 0.3) is 0 Å². The van der Waals surface area contributed by atoms with Crippen molar-refractivity contribution in [3.8, 4) is 0 Å². The molecule has 72 valence electrons. The lowest BCUT2D eigenvalue weighted by Crippen LogP contribution is -2.35. The van der Waals surface area contributed by atoms with Gasteiger partial charge < -0.3 is 5.73 Å². The Morgan fingerprint density at radius 1 is 1.25 bits per heavy atom. The monoisotopic (exact) mass is 169 g/mol.